The maximum Gasteiger partial charge on any atom is 0.414 e. The smallest absolute Gasteiger partial charge is 0.414 e. The Morgan fingerprint density at radius 1 is 0.966 bits per heavy atom. The highest BCUT2D eigenvalue weighted by molar-refractivity contribution is 6.27. The highest BCUT2D eigenvalue weighted by Gasteiger charge is 2.11. The first-order valence-corrected chi connectivity index (χ1v) is 9.23. The molecule has 0 atom stereocenters. The van der Waals surface area contributed by atoms with E-state index in [9.17, 15) is 9.59 Å². The van der Waals surface area contributed by atoms with Gasteiger partial charge < -0.3 is 10.2 Å². The number of benzene rings is 1. The third kappa shape index (κ3) is 5.56. The van der Waals surface area contributed by atoms with Crippen LogP contribution in [0.3, 0.4) is 0 Å². The number of carboxylic acid groups (broad SMARTS) is 2. The van der Waals surface area contributed by atoms with Crippen molar-refractivity contribution in [3.63, 3.8) is 0 Å². The molecule has 0 amide bonds. The van der Waals surface area contributed by atoms with Gasteiger partial charge in [-0.25, -0.2) is 14.4 Å². The van der Waals surface area contributed by atoms with Gasteiger partial charge in [-0.3, -0.25) is 18.8 Å². The molecule has 1 fully saturated rings. The van der Waals surface area contributed by atoms with Crippen LogP contribution in [0.1, 0.15) is 19.8 Å². The molecular weight excluding hydrogens is 378 g/mol. The quantitative estimate of drug-likeness (QED) is 0.565. The van der Waals surface area contributed by atoms with Gasteiger partial charge in [-0.2, -0.15) is 0 Å². The van der Waals surface area contributed by atoms with E-state index in [0.717, 1.165) is 19.6 Å². The topological polar surface area (TPSA) is 122 Å². The van der Waals surface area contributed by atoms with Crippen LogP contribution in [0, 0.1) is 11.8 Å². The van der Waals surface area contributed by atoms with Gasteiger partial charge in [0.2, 0.25) is 0 Å². The average molecular weight is 401 g/mol. The van der Waals surface area contributed by atoms with Crippen LogP contribution in [0.25, 0.3) is 10.9 Å². The third-order valence-electron chi connectivity index (χ3n) is 4.49. The van der Waals surface area contributed by atoms with Crippen molar-refractivity contribution in [1.29, 1.82) is 0 Å². The van der Waals surface area contributed by atoms with Crippen molar-refractivity contribution in [3.05, 3.63) is 45.1 Å². The summed E-state index contributed by atoms with van der Waals surface area (Å²) >= 11 is 0. The van der Waals surface area contributed by atoms with Crippen molar-refractivity contribution in [2.45, 2.75) is 32.9 Å². The van der Waals surface area contributed by atoms with Gasteiger partial charge in [0.05, 0.1) is 24.0 Å². The molecule has 2 aromatic rings. The number of hydrogen-bond donors (Lipinski definition) is 2. The molecule has 0 unspecified atom stereocenters. The van der Waals surface area contributed by atoms with Gasteiger partial charge >= 0.3 is 17.6 Å². The van der Waals surface area contributed by atoms with E-state index in [1.54, 1.807) is 23.6 Å². The van der Waals surface area contributed by atoms with Crippen LogP contribution in [-0.4, -0.2) is 55.8 Å². The molecule has 1 aromatic heterocycles. The molecule has 29 heavy (non-hydrogen) atoms. The zero-order chi connectivity index (χ0) is 21.4. The Morgan fingerprint density at radius 2 is 1.55 bits per heavy atom. The molecule has 9 heteroatoms. The number of hydrogen-bond acceptors (Lipinski definition) is 5. The Bertz CT molecular complexity index is 1060. The Morgan fingerprint density at radius 3 is 2.14 bits per heavy atom. The van der Waals surface area contributed by atoms with Crippen molar-refractivity contribution in [2.24, 2.45) is 0 Å². The van der Waals surface area contributed by atoms with E-state index in [0.29, 0.717) is 24.0 Å². The minimum atomic E-state index is -1.82. The van der Waals surface area contributed by atoms with Gasteiger partial charge in [0, 0.05) is 6.54 Å². The highest BCUT2D eigenvalue weighted by atomic mass is 16.4. The van der Waals surface area contributed by atoms with Crippen LogP contribution in [0.15, 0.2) is 33.9 Å². The number of likely N-dealkylation sites (tertiary alicyclic amines) is 1. The molecule has 0 aliphatic carbocycles. The van der Waals surface area contributed by atoms with E-state index in [2.05, 4.69) is 16.7 Å². The van der Waals surface area contributed by atoms with Crippen molar-refractivity contribution in [3.8, 4) is 11.8 Å². The summed E-state index contributed by atoms with van der Waals surface area (Å²) in [6.45, 7) is 5.45. The molecule has 1 aliphatic heterocycles. The lowest BCUT2D eigenvalue weighted by Crippen LogP contribution is -2.39. The average Bonchev–Trinajstić information content (AvgIpc) is 3.21. The molecule has 0 bridgehead atoms. The molecule has 0 spiro atoms. The molecule has 2 N–H and O–H groups in total. The summed E-state index contributed by atoms with van der Waals surface area (Å²) in [6.07, 6.45) is 2.49. The van der Waals surface area contributed by atoms with Crippen LogP contribution in [0.2, 0.25) is 0 Å². The Labute approximate surface area is 166 Å². The zero-order valence-corrected chi connectivity index (χ0v) is 16.1. The highest BCUT2D eigenvalue weighted by Crippen LogP contribution is 2.07. The number of fused-ring (bicyclic) bond motifs is 1. The molecule has 1 aliphatic rings. The lowest BCUT2D eigenvalue weighted by Gasteiger charge is -2.11. The first-order chi connectivity index (χ1) is 13.9. The number of carboxylic acids is 2. The second-order valence-electron chi connectivity index (χ2n) is 6.38. The van der Waals surface area contributed by atoms with E-state index in [1.807, 2.05) is 12.1 Å². The molecule has 1 saturated heterocycles. The number of para-hydroxylation sites is 1. The number of carbonyl (C=O) groups is 2. The summed E-state index contributed by atoms with van der Waals surface area (Å²) in [5, 5.41) is 15.3. The number of nitrogens with zero attached hydrogens (tertiary/aromatic N) is 3. The second-order valence-corrected chi connectivity index (χ2v) is 6.38. The Hall–Kier alpha value is -3.38. The molecule has 3 rings (SSSR count). The summed E-state index contributed by atoms with van der Waals surface area (Å²) in [7, 11) is 0. The molecular formula is C20H23N3O6. The molecule has 154 valence electrons. The van der Waals surface area contributed by atoms with Crippen LogP contribution in [0.4, 0.5) is 0 Å². The monoisotopic (exact) mass is 401 g/mol. The van der Waals surface area contributed by atoms with Gasteiger partial charge in [-0.05, 0) is 45.0 Å². The van der Waals surface area contributed by atoms with Gasteiger partial charge in [0.15, 0.2) is 0 Å². The van der Waals surface area contributed by atoms with Crippen molar-refractivity contribution in [1.82, 2.24) is 14.0 Å². The SMILES string of the molecule is CCn1c(=O)c2ccccc2n(CC#CCN2CCCC2)c1=O.O=C(O)C(=O)O. The molecule has 2 heterocycles. The zero-order valence-electron chi connectivity index (χ0n) is 16.1. The normalized spacial score (nSPS) is 13.3. The molecule has 1 aromatic carbocycles. The number of rotatable bonds is 3. The Balaban J connectivity index is 0.000000438. The van der Waals surface area contributed by atoms with E-state index in [1.165, 1.54) is 17.4 Å². The summed E-state index contributed by atoms with van der Waals surface area (Å²) in [5.74, 6) is 2.59. The Kier molecular flexibility index (Phi) is 7.74. The minimum Gasteiger partial charge on any atom is -0.473 e. The standard InChI is InChI=1S/C18H21N3O2.C2H2O4/c1-2-20-17(22)15-9-3-4-10-16(15)21(18(20)23)14-8-7-13-19-11-5-6-12-19;3-1(4)2(5)6/h3-4,9-10H,2,5-6,11-14H2,1H3;(H,3,4)(H,5,6). The lowest BCUT2D eigenvalue weighted by atomic mass is 10.2. The summed E-state index contributed by atoms with van der Waals surface area (Å²) < 4.78 is 2.86. The van der Waals surface area contributed by atoms with Crippen LogP contribution < -0.4 is 11.2 Å². The second kappa shape index (κ2) is 10.2. The predicted octanol–water partition coefficient (Wildman–Crippen LogP) is 0.438. The summed E-state index contributed by atoms with van der Waals surface area (Å²) in [4.78, 5) is 45.4. The van der Waals surface area contributed by atoms with Crippen molar-refractivity contribution >= 4 is 22.8 Å². The third-order valence-corrected chi connectivity index (χ3v) is 4.49. The fourth-order valence-electron chi connectivity index (χ4n) is 3.05. The van der Waals surface area contributed by atoms with E-state index < -0.39 is 11.9 Å². The largest absolute Gasteiger partial charge is 0.473 e. The van der Waals surface area contributed by atoms with E-state index in [-0.39, 0.29) is 11.2 Å². The fraction of sp³-hybridized carbons (Fsp3) is 0.400. The van der Waals surface area contributed by atoms with Gasteiger partial charge in [0.1, 0.15) is 0 Å². The maximum absolute atomic E-state index is 12.5. The van der Waals surface area contributed by atoms with Crippen LogP contribution >= 0.6 is 0 Å². The van der Waals surface area contributed by atoms with Gasteiger partial charge in [-0.15, -0.1) is 0 Å². The first kappa shape index (κ1) is 21.9. The number of aromatic nitrogens is 2. The molecule has 0 radical (unpaired) electrons. The molecule has 0 saturated carbocycles. The lowest BCUT2D eigenvalue weighted by molar-refractivity contribution is -0.159. The molecule has 9 nitrogen and oxygen atoms in total. The maximum atomic E-state index is 12.5. The van der Waals surface area contributed by atoms with E-state index in [4.69, 9.17) is 19.8 Å². The van der Waals surface area contributed by atoms with Crippen LogP contribution in [0.5, 0.6) is 0 Å². The number of aliphatic carboxylic acids is 2. The van der Waals surface area contributed by atoms with Gasteiger partial charge in [-0.1, -0.05) is 24.0 Å². The predicted molar refractivity (Wildman–Crippen MR) is 107 cm³/mol. The van der Waals surface area contributed by atoms with Crippen molar-refractivity contribution in [2.75, 3.05) is 19.6 Å². The minimum absolute atomic E-state index is 0.227. The fourth-order valence-corrected chi connectivity index (χ4v) is 3.05. The van der Waals surface area contributed by atoms with Crippen molar-refractivity contribution < 1.29 is 19.8 Å². The van der Waals surface area contributed by atoms with E-state index >= 15 is 0 Å². The summed E-state index contributed by atoms with van der Waals surface area (Å²) in [5.41, 5.74) is 0.142. The van der Waals surface area contributed by atoms with Crippen LogP contribution in [-0.2, 0) is 22.7 Å². The summed E-state index contributed by atoms with van der Waals surface area (Å²) in [6, 6.07) is 7.22. The van der Waals surface area contributed by atoms with Gasteiger partial charge in [0.25, 0.3) is 5.56 Å². The first-order valence-electron chi connectivity index (χ1n) is 9.23.